The number of amides is 2. The summed E-state index contributed by atoms with van der Waals surface area (Å²) in [5.41, 5.74) is 6.56. The Morgan fingerprint density at radius 1 is 1.03 bits per heavy atom. The predicted octanol–water partition coefficient (Wildman–Crippen LogP) is 6.06. The number of carbonyl (C=O) groups is 1. The molecule has 2 aliphatic heterocycles. The fourth-order valence-corrected chi connectivity index (χ4v) is 5.14. The Labute approximate surface area is 195 Å². The highest BCUT2D eigenvalue weighted by Crippen LogP contribution is 2.39. The third-order valence-corrected chi connectivity index (χ3v) is 6.97. The number of aryl methyl sites for hydroxylation is 1. The molecule has 1 saturated heterocycles. The van der Waals surface area contributed by atoms with Gasteiger partial charge in [0.15, 0.2) is 0 Å². The number of aliphatic imine (C=N–C) groups is 2. The number of anilines is 1. The molecule has 0 aromatic heterocycles. The van der Waals surface area contributed by atoms with Crippen LogP contribution in [0.4, 0.5) is 16.2 Å². The van der Waals surface area contributed by atoms with E-state index in [9.17, 15) is 4.79 Å². The Balaban J connectivity index is 1.44. The van der Waals surface area contributed by atoms with Crippen molar-refractivity contribution in [3.8, 4) is 0 Å². The fourth-order valence-electron chi connectivity index (χ4n) is 4.87. The molecule has 1 aliphatic carbocycles. The molecular formula is C26H21BrN4O. The number of urea groups is 1. The van der Waals surface area contributed by atoms with Crippen LogP contribution in [0.3, 0.4) is 0 Å². The van der Waals surface area contributed by atoms with Crippen molar-refractivity contribution in [3.63, 3.8) is 0 Å². The maximum Gasteiger partial charge on any atom is 0.328 e. The second-order valence-corrected chi connectivity index (χ2v) is 9.27. The zero-order chi connectivity index (χ0) is 21.7. The number of nitrogens with zero attached hydrogens (tertiary/aromatic N) is 3. The van der Waals surface area contributed by atoms with E-state index in [1.165, 1.54) is 16.7 Å². The van der Waals surface area contributed by atoms with Crippen molar-refractivity contribution in [1.82, 2.24) is 5.32 Å². The van der Waals surface area contributed by atoms with E-state index in [1.54, 1.807) is 4.90 Å². The van der Waals surface area contributed by atoms with Crippen LogP contribution in [0.25, 0.3) is 0 Å². The van der Waals surface area contributed by atoms with Gasteiger partial charge in [0.05, 0.1) is 11.7 Å². The number of hydrogen-bond acceptors (Lipinski definition) is 3. The van der Waals surface area contributed by atoms with Gasteiger partial charge in [0, 0.05) is 22.8 Å². The molecule has 6 rings (SSSR count). The summed E-state index contributed by atoms with van der Waals surface area (Å²) in [6.45, 7) is 0. The highest BCUT2D eigenvalue weighted by atomic mass is 79.9. The lowest BCUT2D eigenvalue weighted by atomic mass is 10.0. The van der Waals surface area contributed by atoms with Crippen molar-refractivity contribution in [2.75, 3.05) is 4.90 Å². The maximum atomic E-state index is 13.2. The molecule has 2 amide bonds. The molecule has 1 unspecified atom stereocenters. The average molecular weight is 485 g/mol. The Kier molecular flexibility index (Phi) is 4.68. The normalized spacial score (nSPS) is 22.3. The minimum atomic E-state index is -0.313. The van der Waals surface area contributed by atoms with Crippen LogP contribution in [-0.4, -0.2) is 18.1 Å². The number of nitrogens with one attached hydrogen (secondary N) is 1. The van der Waals surface area contributed by atoms with Crippen LogP contribution >= 0.6 is 15.9 Å². The summed E-state index contributed by atoms with van der Waals surface area (Å²) >= 11 is 3.52. The van der Waals surface area contributed by atoms with Crippen LogP contribution in [0.1, 0.15) is 40.8 Å². The van der Waals surface area contributed by atoms with E-state index in [4.69, 9.17) is 4.99 Å². The molecule has 3 aromatic rings. The molecule has 2 atom stereocenters. The first-order valence-electron chi connectivity index (χ1n) is 10.8. The van der Waals surface area contributed by atoms with Gasteiger partial charge in [0.2, 0.25) is 0 Å². The fraction of sp³-hybridized carbons (Fsp3) is 0.192. The van der Waals surface area contributed by atoms with E-state index in [0.29, 0.717) is 5.84 Å². The molecule has 6 heteroatoms. The number of benzene rings is 3. The molecule has 5 nitrogen and oxygen atoms in total. The van der Waals surface area contributed by atoms with E-state index < -0.39 is 0 Å². The van der Waals surface area contributed by atoms with Gasteiger partial charge in [-0.1, -0.05) is 58.4 Å². The van der Waals surface area contributed by atoms with Crippen LogP contribution in [0.15, 0.2) is 81.2 Å². The van der Waals surface area contributed by atoms with Crippen LogP contribution in [0, 0.1) is 0 Å². The summed E-state index contributed by atoms with van der Waals surface area (Å²) in [5.74, 6) is 0.697. The highest BCUT2D eigenvalue weighted by molar-refractivity contribution is 9.10. The van der Waals surface area contributed by atoms with Crippen LogP contribution in [-0.2, 0) is 12.8 Å². The van der Waals surface area contributed by atoms with Gasteiger partial charge in [-0.15, -0.1) is 0 Å². The Hall–Kier alpha value is -3.25. The molecule has 2 heterocycles. The predicted molar refractivity (Wildman–Crippen MR) is 131 cm³/mol. The van der Waals surface area contributed by atoms with Crippen molar-refractivity contribution in [3.05, 3.63) is 93.5 Å². The second-order valence-electron chi connectivity index (χ2n) is 8.35. The summed E-state index contributed by atoms with van der Waals surface area (Å²) < 4.78 is 1.00. The molecule has 3 aliphatic rings. The highest BCUT2D eigenvalue weighted by Gasteiger charge is 2.40. The van der Waals surface area contributed by atoms with E-state index in [-0.39, 0.29) is 18.1 Å². The monoisotopic (exact) mass is 484 g/mol. The average Bonchev–Trinajstić information content (AvgIpc) is 3.51. The SMILES string of the molecule is O=C1NC(=N[C@H]2CCc3ccccc32)C(c2ccc(Br)cc2)N1c1ccc2c(c1)N=CC2. The van der Waals surface area contributed by atoms with E-state index in [2.05, 4.69) is 56.6 Å². The zero-order valence-corrected chi connectivity index (χ0v) is 18.9. The van der Waals surface area contributed by atoms with E-state index in [0.717, 1.165) is 40.7 Å². The minimum absolute atomic E-state index is 0.0593. The van der Waals surface area contributed by atoms with E-state index in [1.807, 2.05) is 42.6 Å². The van der Waals surface area contributed by atoms with Crippen molar-refractivity contribution >= 4 is 45.4 Å². The largest absolute Gasteiger partial charge is 0.328 e. The maximum absolute atomic E-state index is 13.2. The number of rotatable bonds is 3. The van der Waals surface area contributed by atoms with Crippen LogP contribution in [0.2, 0.25) is 0 Å². The van der Waals surface area contributed by atoms with Gasteiger partial charge >= 0.3 is 6.03 Å². The third-order valence-electron chi connectivity index (χ3n) is 6.44. The summed E-state index contributed by atoms with van der Waals surface area (Å²) in [4.78, 5) is 24.6. The van der Waals surface area contributed by atoms with Gasteiger partial charge in [-0.05, 0) is 59.4 Å². The topological polar surface area (TPSA) is 57.1 Å². The number of hydrogen-bond donors (Lipinski definition) is 1. The molecule has 0 bridgehead atoms. The van der Waals surface area contributed by atoms with Crippen molar-refractivity contribution in [1.29, 1.82) is 0 Å². The summed E-state index contributed by atoms with van der Waals surface area (Å²) in [6, 6.07) is 22.2. The van der Waals surface area contributed by atoms with Gasteiger partial charge in [0.1, 0.15) is 11.9 Å². The number of amidine groups is 1. The van der Waals surface area contributed by atoms with Gasteiger partial charge in [0.25, 0.3) is 0 Å². The van der Waals surface area contributed by atoms with Gasteiger partial charge < -0.3 is 0 Å². The lowest BCUT2D eigenvalue weighted by Crippen LogP contribution is -2.29. The van der Waals surface area contributed by atoms with Crippen molar-refractivity contribution in [2.24, 2.45) is 9.98 Å². The van der Waals surface area contributed by atoms with Crippen molar-refractivity contribution < 1.29 is 4.79 Å². The molecule has 1 fully saturated rings. The van der Waals surface area contributed by atoms with Gasteiger partial charge in [-0.2, -0.15) is 0 Å². The first-order valence-corrected chi connectivity index (χ1v) is 11.6. The van der Waals surface area contributed by atoms with Gasteiger partial charge in [-0.3, -0.25) is 20.2 Å². The second kappa shape index (κ2) is 7.71. The lowest BCUT2D eigenvalue weighted by molar-refractivity contribution is 0.252. The minimum Gasteiger partial charge on any atom is -0.294 e. The molecule has 0 saturated carbocycles. The summed E-state index contributed by atoms with van der Waals surface area (Å²) in [7, 11) is 0. The molecule has 32 heavy (non-hydrogen) atoms. The Morgan fingerprint density at radius 3 is 2.75 bits per heavy atom. The Bertz CT molecular complexity index is 1280. The van der Waals surface area contributed by atoms with E-state index >= 15 is 0 Å². The standard InChI is InChI=1S/C26H21BrN4O/c27-19-9-5-18(6-10-19)24-25(29-22-12-8-16-3-1-2-4-21(16)22)30-26(32)31(24)20-11-7-17-13-14-28-23(17)15-20/h1-7,9-11,14-15,22,24H,8,12-13H2,(H,29,30,32)/t22-,24?/m0/s1. The first kappa shape index (κ1) is 19.4. The number of halogens is 1. The molecule has 0 spiro atoms. The van der Waals surface area contributed by atoms with Crippen molar-refractivity contribution in [2.45, 2.75) is 31.3 Å². The third kappa shape index (κ3) is 3.26. The summed E-state index contributed by atoms with van der Waals surface area (Å²) in [6.07, 6.45) is 4.72. The molecular weight excluding hydrogens is 464 g/mol. The Morgan fingerprint density at radius 2 is 1.88 bits per heavy atom. The molecule has 3 aromatic carbocycles. The quantitative estimate of drug-likeness (QED) is 0.482. The molecule has 158 valence electrons. The molecule has 1 N–H and O–H groups in total. The number of carbonyl (C=O) groups excluding carboxylic acids is 1. The van der Waals surface area contributed by atoms with Crippen LogP contribution in [0.5, 0.6) is 0 Å². The van der Waals surface area contributed by atoms with Crippen LogP contribution < -0.4 is 10.2 Å². The lowest BCUT2D eigenvalue weighted by Gasteiger charge is -2.24. The zero-order valence-electron chi connectivity index (χ0n) is 17.3. The molecule has 0 radical (unpaired) electrons. The number of fused-ring (bicyclic) bond motifs is 2. The first-order chi connectivity index (χ1) is 15.7. The smallest absolute Gasteiger partial charge is 0.294 e. The summed E-state index contributed by atoms with van der Waals surface area (Å²) in [5, 5.41) is 3.08. The van der Waals surface area contributed by atoms with Gasteiger partial charge in [-0.25, -0.2) is 4.79 Å².